The van der Waals surface area contributed by atoms with Crippen molar-refractivity contribution in [2.75, 3.05) is 6.61 Å². The molecule has 0 fully saturated rings. The quantitative estimate of drug-likeness (QED) is 0.526. The number of aromatic nitrogens is 2. The molecule has 0 bridgehead atoms. The van der Waals surface area contributed by atoms with Crippen molar-refractivity contribution >= 4 is 0 Å². The van der Waals surface area contributed by atoms with Crippen LogP contribution >= 0.6 is 0 Å². The molecule has 0 spiro atoms. The van der Waals surface area contributed by atoms with Crippen LogP contribution in [0.1, 0.15) is 19.5 Å². The van der Waals surface area contributed by atoms with Gasteiger partial charge in [0, 0.05) is 12.7 Å². The molecule has 12 heavy (non-hydrogen) atoms. The Hall–Kier alpha value is -0.870. The van der Waals surface area contributed by atoms with Crippen LogP contribution < -0.4 is 5.48 Å². The van der Waals surface area contributed by atoms with Crippen molar-refractivity contribution in [3.63, 3.8) is 0 Å². The minimum Gasteiger partial charge on any atom is -0.302 e. The molecule has 0 amide bonds. The topological polar surface area (TPSA) is 39.1 Å². The number of hydrogen-bond donors (Lipinski definition) is 1. The second kappa shape index (κ2) is 4.90. The van der Waals surface area contributed by atoms with Gasteiger partial charge in [0.1, 0.15) is 0 Å². The molecule has 4 nitrogen and oxygen atoms in total. The van der Waals surface area contributed by atoms with Crippen molar-refractivity contribution in [2.45, 2.75) is 26.9 Å². The highest BCUT2D eigenvalue weighted by Gasteiger charge is 1.98. The van der Waals surface area contributed by atoms with E-state index in [1.807, 2.05) is 17.7 Å². The summed E-state index contributed by atoms with van der Waals surface area (Å²) in [4.78, 5) is 5.02. The molecule has 0 saturated heterocycles. The van der Waals surface area contributed by atoms with Gasteiger partial charge in [0.05, 0.1) is 18.8 Å². The molecule has 0 aromatic carbocycles. The number of nitrogens with zero attached hydrogens (tertiary/aromatic N) is 2. The van der Waals surface area contributed by atoms with Gasteiger partial charge < -0.3 is 4.84 Å². The molecule has 68 valence electrons. The maximum absolute atomic E-state index is 5.02. The molecule has 0 aliphatic heterocycles. The van der Waals surface area contributed by atoms with E-state index in [0.29, 0.717) is 13.2 Å². The summed E-state index contributed by atoms with van der Waals surface area (Å²) in [6, 6.07) is 1.98. The molecule has 0 radical (unpaired) electrons. The van der Waals surface area contributed by atoms with Crippen LogP contribution in [0.2, 0.25) is 0 Å². The van der Waals surface area contributed by atoms with E-state index in [9.17, 15) is 0 Å². The van der Waals surface area contributed by atoms with Gasteiger partial charge in [-0.2, -0.15) is 10.6 Å². The highest BCUT2D eigenvalue weighted by molar-refractivity contribution is 4.99. The maximum atomic E-state index is 5.02. The monoisotopic (exact) mass is 169 g/mol. The van der Waals surface area contributed by atoms with Gasteiger partial charge in [-0.05, 0) is 19.9 Å². The molecule has 0 aliphatic carbocycles. The second-order valence-electron chi connectivity index (χ2n) is 2.39. The van der Waals surface area contributed by atoms with E-state index >= 15 is 0 Å². The Bertz CT molecular complexity index is 222. The van der Waals surface area contributed by atoms with Gasteiger partial charge in [0.2, 0.25) is 0 Å². The van der Waals surface area contributed by atoms with Gasteiger partial charge in [-0.1, -0.05) is 0 Å². The van der Waals surface area contributed by atoms with Crippen LogP contribution in [0.4, 0.5) is 0 Å². The predicted octanol–water partition coefficient (Wildman–Crippen LogP) is 0.944. The molecule has 0 saturated carbocycles. The van der Waals surface area contributed by atoms with Crippen LogP contribution in [-0.2, 0) is 17.9 Å². The number of hydrogen-bond acceptors (Lipinski definition) is 3. The zero-order valence-electron chi connectivity index (χ0n) is 7.58. The minimum absolute atomic E-state index is 0.681. The van der Waals surface area contributed by atoms with E-state index < -0.39 is 0 Å². The molecule has 4 heteroatoms. The lowest BCUT2D eigenvalue weighted by Gasteiger charge is -2.05. The Kier molecular flexibility index (Phi) is 3.76. The second-order valence-corrected chi connectivity index (χ2v) is 2.39. The normalized spacial score (nSPS) is 10.5. The molecule has 1 aromatic heterocycles. The standard InChI is InChI=1S/C8H15N3O/c1-3-11-8(5-6-9-11)7-10-12-4-2/h5-6,10H,3-4,7H2,1-2H3. The van der Waals surface area contributed by atoms with Crippen molar-refractivity contribution in [1.82, 2.24) is 15.3 Å². The van der Waals surface area contributed by atoms with E-state index in [2.05, 4.69) is 17.5 Å². The zero-order chi connectivity index (χ0) is 8.81. The van der Waals surface area contributed by atoms with Crippen molar-refractivity contribution in [2.24, 2.45) is 0 Å². The maximum Gasteiger partial charge on any atom is 0.0654 e. The zero-order valence-corrected chi connectivity index (χ0v) is 7.58. The van der Waals surface area contributed by atoms with Crippen molar-refractivity contribution in [1.29, 1.82) is 0 Å². The molecule has 0 atom stereocenters. The van der Waals surface area contributed by atoms with Gasteiger partial charge in [0.15, 0.2) is 0 Å². The van der Waals surface area contributed by atoms with Crippen LogP contribution in [0.3, 0.4) is 0 Å². The van der Waals surface area contributed by atoms with Crippen molar-refractivity contribution in [3.05, 3.63) is 18.0 Å². The van der Waals surface area contributed by atoms with Gasteiger partial charge in [-0.15, -0.1) is 0 Å². The first-order chi connectivity index (χ1) is 5.88. The fraction of sp³-hybridized carbons (Fsp3) is 0.625. The summed E-state index contributed by atoms with van der Waals surface area (Å²) in [5.41, 5.74) is 4.00. The number of aryl methyl sites for hydroxylation is 1. The van der Waals surface area contributed by atoms with Crippen LogP contribution in [0.25, 0.3) is 0 Å². The van der Waals surface area contributed by atoms with E-state index in [1.54, 1.807) is 6.20 Å². The number of hydroxylamine groups is 1. The van der Waals surface area contributed by atoms with Crippen molar-refractivity contribution < 1.29 is 4.84 Å². The average Bonchev–Trinajstić information content (AvgIpc) is 2.52. The van der Waals surface area contributed by atoms with Crippen LogP contribution in [-0.4, -0.2) is 16.4 Å². The summed E-state index contributed by atoms with van der Waals surface area (Å²) < 4.78 is 1.94. The first-order valence-corrected chi connectivity index (χ1v) is 4.23. The first kappa shape index (κ1) is 9.22. The summed E-state index contributed by atoms with van der Waals surface area (Å²) >= 11 is 0. The fourth-order valence-electron chi connectivity index (χ4n) is 1.02. The van der Waals surface area contributed by atoms with E-state index in [0.717, 1.165) is 12.2 Å². The van der Waals surface area contributed by atoms with Crippen molar-refractivity contribution in [3.8, 4) is 0 Å². The average molecular weight is 169 g/mol. The highest BCUT2D eigenvalue weighted by atomic mass is 16.6. The third kappa shape index (κ3) is 2.32. The Morgan fingerprint density at radius 3 is 3.08 bits per heavy atom. The summed E-state index contributed by atoms with van der Waals surface area (Å²) in [7, 11) is 0. The van der Waals surface area contributed by atoms with E-state index in [4.69, 9.17) is 4.84 Å². The van der Waals surface area contributed by atoms with Crippen LogP contribution in [0, 0.1) is 0 Å². The summed E-state index contributed by atoms with van der Waals surface area (Å²) in [5, 5.41) is 4.13. The Labute approximate surface area is 72.5 Å². The molecule has 1 rings (SSSR count). The smallest absolute Gasteiger partial charge is 0.0654 e. The third-order valence-electron chi connectivity index (χ3n) is 1.60. The lowest BCUT2D eigenvalue weighted by Crippen LogP contribution is -2.16. The molecular formula is C8H15N3O. The predicted molar refractivity (Wildman–Crippen MR) is 46.4 cm³/mol. The molecule has 0 unspecified atom stereocenters. The minimum atomic E-state index is 0.681. The molecule has 1 aromatic rings. The van der Waals surface area contributed by atoms with Gasteiger partial charge >= 0.3 is 0 Å². The number of rotatable bonds is 5. The van der Waals surface area contributed by atoms with Gasteiger partial charge in [0.25, 0.3) is 0 Å². The Morgan fingerprint density at radius 1 is 1.58 bits per heavy atom. The summed E-state index contributed by atoms with van der Waals surface area (Å²) in [6.45, 7) is 6.30. The highest BCUT2D eigenvalue weighted by Crippen LogP contribution is 1.97. The van der Waals surface area contributed by atoms with Crippen LogP contribution in [0.15, 0.2) is 12.3 Å². The molecule has 1 N–H and O–H groups in total. The Balaban J connectivity index is 2.39. The van der Waals surface area contributed by atoms with Gasteiger partial charge in [-0.3, -0.25) is 4.68 Å². The summed E-state index contributed by atoms with van der Waals surface area (Å²) in [5.74, 6) is 0. The summed E-state index contributed by atoms with van der Waals surface area (Å²) in [6.07, 6.45) is 1.80. The SMILES string of the molecule is CCONCc1ccnn1CC. The molecule has 0 aliphatic rings. The largest absolute Gasteiger partial charge is 0.302 e. The fourth-order valence-corrected chi connectivity index (χ4v) is 1.02. The first-order valence-electron chi connectivity index (χ1n) is 4.23. The van der Waals surface area contributed by atoms with Crippen LogP contribution in [0.5, 0.6) is 0 Å². The Morgan fingerprint density at radius 2 is 2.42 bits per heavy atom. The van der Waals surface area contributed by atoms with E-state index in [1.165, 1.54) is 0 Å². The molecule has 1 heterocycles. The third-order valence-corrected chi connectivity index (χ3v) is 1.60. The number of nitrogens with one attached hydrogen (secondary N) is 1. The lowest BCUT2D eigenvalue weighted by atomic mass is 10.4. The lowest BCUT2D eigenvalue weighted by molar-refractivity contribution is 0.0448. The van der Waals surface area contributed by atoms with Gasteiger partial charge in [-0.25, -0.2) is 0 Å². The van der Waals surface area contributed by atoms with E-state index in [-0.39, 0.29) is 0 Å². The molecular weight excluding hydrogens is 154 g/mol.